The van der Waals surface area contributed by atoms with Crippen LogP contribution in [0.15, 0.2) is 35.3 Å². The van der Waals surface area contributed by atoms with E-state index in [0.717, 1.165) is 57.7 Å². The van der Waals surface area contributed by atoms with E-state index in [2.05, 4.69) is 66.6 Å². The van der Waals surface area contributed by atoms with Gasteiger partial charge in [0.1, 0.15) is 0 Å². The predicted octanol–water partition coefficient (Wildman–Crippen LogP) is 3.71. The summed E-state index contributed by atoms with van der Waals surface area (Å²) in [6, 6.07) is 11.7. The molecule has 29 heavy (non-hydrogen) atoms. The number of piperidine rings is 1. The van der Waals surface area contributed by atoms with Crippen molar-refractivity contribution in [3.8, 4) is 0 Å². The van der Waals surface area contributed by atoms with Crippen LogP contribution in [0.3, 0.4) is 0 Å². The SMILES string of the molecule is CCNC(=NCC1(C)CCCCC1O)NC1CCN(C(C)c2ccccc2)CC1. The largest absolute Gasteiger partial charge is 0.392 e. The Hall–Kier alpha value is -1.59. The molecule has 1 saturated heterocycles. The first-order valence-corrected chi connectivity index (χ1v) is 11.5. The fraction of sp³-hybridized carbons (Fsp3) is 0.708. The lowest BCUT2D eigenvalue weighted by molar-refractivity contribution is 0.00714. The molecule has 3 unspecified atom stereocenters. The van der Waals surface area contributed by atoms with Crippen molar-refractivity contribution in [3.63, 3.8) is 0 Å². The van der Waals surface area contributed by atoms with Crippen molar-refractivity contribution in [2.24, 2.45) is 10.4 Å². The first kappa shape index (κ1) is 22.1. The van der Waals surface area contributed by atoms with Crippen molar-refractivity contribution in [2.45, 2.75) is 77.5 Å². The highest BCUT2D eigenvalue weighted by Crippen LogP contribution is 2.36. The molecule has 2 aliphatic rings. The van der Waals surface area contributed by atoms with E-state index in [4.69, 9.17) is 4.99 Å². The van der Waals surface area contributed by atoms with Crippen molar-refractivity contribution in [2.75, 3.05) is 26.2 Å². The molecule has 2 fully saturated rings. The second-order valence-corrected chi connectivity index (χ2v) is 9.15. The standard InChI is InChI=1S/C24H40N4O/c1-4-25-23(26-18-24(3)15-9-8-12-22(24)29)27-21-13-16-28(17-14-21)19(2)20-10-6-5-7-11-20/h5-7,10-11,19,21-22,29H,4,8-9,12-18H2,1-3H3,(H2,25,26,27). The highest BCUT2D eigenvalue weighted by atomic mass is 16.3. The van der Waals surface area contributed by atoms with Crippen LogP contribution in [0, 0.1) is 5.41 Å². The second-order valence-electron chi connectivity index (χ2n) is 9.15. The molecule has 0 radical (unpaired) electrons. The number of aliphatic imine (C=N–C) groups is 1. The van der Waals surface area contributed by atoms with E-state index in [-0.39, 0.29) is 11.5 Å². The molecule has 5 heteroatoms. The van der Waals surface area contributed by atoms with Gasteiger partial charge in [-0.3, -0.25) is 9.89 Å². The van der Waals surface area contributed by atoms with Gasteiger partial charge in [-0.05, 0) is 45.1 Å². The summed E-state index contributed by atoms with van der Waals surface area (Å²) in [4.78, 5) is 7.46. The number of hydrogen-bond donors (Lipinski definition) is 3. The first-order valence-electron chi connectivity index (χ1n) is 11.5. The number of benzene rings is 1. The summed E-state index contributed by atoms with van der Waals surface area (Å²) < 4.78 is 0. The average Bonchev–Trinajstić information content (AvgIpc) is 2.75. The maximum absolute atomic E-state index is 10.5. The normalized spacial score (nSPS) is 28.1. The summed E-state index contributed by atoms with van der Waals surface area (Å²) in [6.07, 6.45) is 6.33. The highest BCUT2D eigenvalue weighted by Gasteiger charge is 2.35. The lowest BCUT2D eigenvalue weighted by atomic mass is 9.73. The van der Waals surface area contributed by atoms with Crippen LogP contribution in [0.25, 0.3) is 0 Å². The van der Waals surface area contributed by atoms with Gasteiger partial charge in [0.15, 0.2) is 5.96 Å². The minimum atomic E-state index is -0.231. The zero-order valence-electron chi connectivity index (χ0n) is 18.5. The van der Waals surface area contributed by atoms with Gasteiger partial charge in [-0.15, -0.1) is 0 Å². The van der Waals surface area contributed by atoms with Gasteiger partial charge in [0, 0.05) is 37.1 Å². The van der Waals surface area contributed by atoms with E-state index in [1.54, 1.807) is 0 Å². The van der Waals surface area contributed by atoms with Crippen LogP contribution in [0.1, 0.15) is 70.9 Å². The van der Waals surface area contributed by atoms with Crippen LogP contribution >= 0.6 is 0 Å². The third kappa shape index (κ3) is 5.95. The van der Waals surface area contributed by atoms with Gasteiger partial charge in [0.25, 0.3) is 0 Å². The number of nitrogens with zero attached hydrogens (tertiary/aromatic N) is 2. The van der Waals surface area contributed by atoms with E-state index in [0.29, 0.717) is 18.6 Å². The Morgan fingerprint density at radius 1 is 1.21 bits per heavy atom. The molecule has 162 valence electrons. The van der Waals surface area contributed by atoms with E-state index >= 15 is 0 Å². The fourth-order valence-electron chi connectivity index (χ4n) is 4.71. The predicted molar refractivity (Wildman–Crippen MR) is 121 cm³/mol. The van der Waals surface area contributed by atoms with Crippen molar-refractivity contribution < 1.29 is 5.11 Å². The molecule has 1 saturated carbocycles. The number of likely N-dealkylation sites (tertiary alicyclic amines) is 1. The maximum Gasteiger partial charge on any atom is 0.191 e. The minimum Gasteiger partial charge on any atom is -0.392 e. The summed E-state index contributed by atoms with van der Waals surface area (Å²) in [5.41, 5.74) is 1.31. The van der Waals surface area contributed by atoms with E-state index in [1.165, 1.54) is 12.0 Å². The molecule has 3 atom stereocenters. The molecule has 1 aliphatic heterocycles. The van der Waals surface area contributed by atoms with Gasteiger partial charge in [-0.1, -0.05) is 50.1 Å². The summed E-state index contributed by atoms with van der Waals surface area (Å²) in [5.74, 6) is 0.904. The van der Waals surface area contributed by atoms with Gasteiger partial charge < -0.3 is 15.7 Å². The average molecular weight is 401 g/mol. The summed E-state index contributed by atoms with van der Waals surface area (Å²) in [7, 11) is 0. The Labute approximate surface area is 177 Å². The fourth-order valence-corrected chi connectivity index (χ4v) is 4.71. The number of nitrogens with one attached hydrogen (secondary N) is 2. The summed E-state index contributed by atoms with van der Waals surface area (Å²) in [5, 5.41) is 17.5. The minimum absolute atomic E-state index is 0.0882. The number of rotatable bonds is 6. The molecule has 1 heterocycles. The lowest BCUT2D eigenvalue weighted by Crippen LogP contribution is -2.49. The van der Waals surface area contributed by atoms with Crippen molar-refractivity contribution in [1.82, 2.24) is 15.5 Å². The van der Waals surface area contributed by atoms with Crippen molar-refractivity contribution in [1.29, 1.82) is 0 Å². The van der Waals surface area contributed by atoms with E-state index in [9.17, 15) is 5.11 Å². The van der Waals surface area contributed by atoms with Crippen LogP contribution in [0.2, 0.25) is 0 Å². The Balaban J connectivity index is 1.52. The van der Waals surface area contributed by atoms with Crippen molar-refractivity contribution in [3.05, 3.63) is 35.9 Å². The van der Waals surface area contributed by atoms with Gasteiger partial charge in [-0.2, -0.15) is 0 Å². The molecule has 5 nitrogen and oxygen atoms in total. The second kappa shape index (κ2) is 10.4. The molecule has 0 bridgehead atoms. The van der Waals surface area contributed by atoms with Gasteiger partial charge in [-0.25, -0.2) is 0 Å². The molecule has 0 aromatic heterocycles. The highest BCUT2D eigenvalue weighted by molar-refractivity contribution is 5.80. The van der Waals surface area contributed by atoms with Crippen LogP contribution in [-0.2, 0) is 0 Å². The Morgan fingerprint density at radius 2 is 1.93 bits per heavy atom. The monoisotopic (exact) mass is 400 g/mol. The van der Waals surface area contributed by atoms with E-state index in [1.807, 2.05) is 0 Å². The Bertz CT molecular complexity index is 642. The third-order valence-corrected chi connectivity index (χ3v) is 6.92. The number of guanidine groups is 1. The van der Waals surface area contributed by atoms with Crippen LogP contribution in [-0.4, -0.2) is 54.3 Å². The molecular formula is C24H40N4O. The molecule has 3 rings (SSSR count). The zero-order chi connectivity index (χ0) is 20.7. The maximum atomic E-state index is 10.5. The number of hydrogen-bond acceptors (Lipinski definition) is 3. The molecule has 1 aliphatic carbocycles. The molecule has 3 N–H and O–H groups in total. The number of aliphatic hydroxyl groups excluding tert-OH is 1. The molecule has 0 spiro atoms. The van der Waals surface area contributed by atoms with Gasteiger partial charge in [0.05, 0.1) is 12.6 Å². The van der Waals surface area contributed by atoms with Gasteiger partial charge in [0.2, 0.25) is 0 Å². The van der Waals surface area contributed by atoms with Crippen molar-refractivity contribution >= 4 is 5.96 Å². The molecule has 0 amide bonds. The topological polar surface area (TPSA) is 59.9 Å². The lowest BCUT2D eigenvalue weighted by Gasteiger charge is -2.38. The molecule has 1 aromatic carbocycles. The summed E-state index contributed by atoms with van der Waals surface area (Å²) >= 11 is 0. The molecular weight excluding hydrogens is 360 g/mol. The van der Waals surface area contributed by atoms with Gasteiger partial charge >= 0.3 is 0 Å². The van der Waals surface area contributed by atoms with Crippen LogP contribution < -0.4 is 10.6 Å². The Kier molecular flexibility index (Phi) is 7.96. The van der Waals surface area contributed by atoms with Crippen LogP contribution in [0.4, 0.5) is 0 Å². The summed E-state index contributed by atoms with van der Waals surface area (Å²) in [6.45, 7) is 10.4. The van der Waals surface area contributed by atoms with Crippen LogP contribution in [0.5, 0.6) is 0 Å². The smallest absolute Gasteiger partial charge is 0.191 e. The third-order valence-electron chi connectivity index (χ3n) is 6.92. The number of aliphatic hydroxyl groups is 1. The zero-order valence-corrected chi connectivity index (χ0v) is 18.5. The Morgan fingerprint density at radius 3 is 2.59 bits per heavy atom. The first-order chi connectivity index (χ1) is 14.0. The van der Waals surface area contributed by atoms with E-state index < -0.39 is 0 Å². The quantitative estimate of drug-likeness (QED) is 0.503. The molecule has 1 aromatic rings.